The van der Waals surface area contributed by atoms with Crippen LogP contribution in [0.4, 0.5) is 5.00 Å². The molecule has 1 heterocycles. The molecular weight excluding hydrogens is 438 g/mol. The molecule has 1 aromatic carbocycles. The number of rotatable bonds is 6. The van der Waals surface area contributed by atoms with Gasteiger partial charge in [-0.05, 0) is 62.8 Å². The molecule has 0 aliphatic heterocycles. The summed E-state index contributed by atoms with van der Waals surface area (Å²) < 4.78 is 10.6. The standard InChI is InChI=1S/C26H33NO5S/c1-9-31-23(29)20-16(2)21(24(30)32-26(6,7)8)33-22(20)27-19(28)15-12-17-10-13-18(14-11-17)25(3,4)5/h10-15H,9H2,1-8H3,(H,27,28). The normalized spacial score (nSPS) is 12.0. The van der Waals surface area contributed by atoms with Crippen LogP contribution in [0.5, 0.6) is 0 Å². The van der Waals surface area contributed by atoms with Gasteiger partial charge in [0.05, 0.1) is 12.2 Å². The molecule has 2 aromatic rings. The number of anilines is 1. The Kier molecular flexibility index (Phi) is 8.25. The van der Waals surface area contributed by atoms with Gasteiger partial charge in [-0.25, -0.2) is 9.59 Å². The van der Waals surface area contributed by atoms with Crippen molar-refractivity contribution in [1.82, 2.24) is 0 Å². The Balaban J connectivity index is 2.28. The van der Waals surface area contributed by atoms with Crippen LogP contribution in [-0.2, 0) is 19.7 Å². The van der Waals surface area contributed by atoms with Gasteiger partial charge >= 0.3 is 11.9 Å². The van der Waals surface area contributed by atoms with Crippen molar-refractivity contribution < 1.29 is 23.9 Å². The van der Waals surface area contributed by atoms with Crippen molar-refractivity contribution in [3.63, 3.8) is 0 Å². The summed E-state index contributed by atoms with van der Waals surface area (Å²) in [4.78, 5) is 38.0. The van der Waals surface area contributed by atoms with E-state index >= 15 is 0 Å². The predicted octanol–water partition coefficient (Wildman–Crippen LogP) is 6.14. The van der Waals surface area contributed by atoms with Crippen molar-refractivity contribution in [3.05, 3.63) is 57.5 Å². The second kappa shape index (κ2) is 10.3. The number of carbonyl (C=O) groups excluding carboxylic acids is 3. The second-order valence-electron chi connectivity index (χ2n) is 9.68. The summed E-state index contributed by atoms with van der Waals surface area (Å²) >= 11 is 1.00. The first kappa shape index (κ1) is 26.3. The van der Waals surface area contributed by atoms with Crippen LogP contribution in [-0.4, -0.2) is 30.1 Å². The topological polar surface area (TPSA) is 81.7 Å². The Bertz CT molecular complexity index is 1050. The van der Waals surface area contributed by atoms with E-state index in [4.69, 9.17) is 9.47 Å². The molecule has 0 aliphatic carbocycles. The van der Waals surface area contributed by atoms with Crippen molar-refractivity contribution in [2.75, 3.05) is 11.9 Å². The van der Waals surface area contributed by atoms with Crippen molar-refractivity contribution in [2.24, 2.45) is 0 Å². The lowest BCUT2D eigenvalue weighted by molar-refractivity contribution is -0.111. The van der Waals surface area contributed by atoms with Gasteiger partial charge in [0.15, 0.2) is 0 Å². The fourth-order valence-electron chi connectivity index (χ4n) is 2.99. The molecule has 1 aromatic heterocycles. The lowest BCUT2D eigenvalue weighted by Crippen LogP contribution is -2.23. The van der Waals surface area contributed by atoms with E-state index < -0.39 is 23.4 Å². The van der Waals surface area contributed by atoms with Gasteiger partial charge < -0.3 is 14.8 Å². The number of amides is 1. The smallest absolute Gasteiger partial charge is 0.349 e. The lowest BCUT2D eigenvalue weighted by Gasteiger charge is -2.19. The van der Waals surface area contributed by atoms with Gasteiger partial charge in [0.1, 0.15) is 15.5 Å². The van der Waals surface area contributed by atoms with E-state index in [-0.39, 0.29) is 27.5 Å². The number of esters is 2. The zero-order valence-corrected chi connectivity index (χ0v) is 21.4. The van der Waals surface area contributed by atoms with Crippen molar-refractivity contribution >= 4 is 40.3 Å². The van der Waals surface area contributed by atoms with Gasteiger partial charge in [0, 0.05) is 6.08 Å². The Labute approximate surface area is 200 Å². The summed E-state index contributed by atoms with van der Waals surface area (Å²) in [6, 6.07) is 7.97. The third-order valence-corrected chi connectivity index (χ3v) is 5.84. The Morgan fingerprint density at radius 3 is 2.12 bits per heavy atom. The molecule has 0 radical (unpaired) electrons. The van der Waals surface area contributed by atoms with Crippen LogP contribution in [0.2, 0.25) is 0 Å². The molecule has 7 heteroatoms. The summed E-state index contributed by atoms with van der Waals surface area (Å²) in [6.07, 6.45) is 3.09. The van der Waals surface area contributed by atoms with E-state index in [0.29, 0.717) is 5.56 Å². The zero-order chi connectivity index (χ0) is 25.0. The molecular formula is C26H33NO5S. The molecule has 1 amide bonds. The van der Waals surface area contributed by atoms with Crippen LogP contribution in [0.3, 0.4) is 0 Å². The van der Waals surface area contributed by atoms with Crippen LogP contribution < -0.4 is 5.32 Å². The minimum absolute atomic E-state index is 0.0476. The molecule has 178 valence electrons. The van der Waals surface area contributed by atoms with E-state index in [1.165, 1.54) is 11.6 Å². The van der Waals surface area contributed by atoms with Crippen LogP contribution in [0.15, 0.2) is 30.3 Å². The highest BCUT2D eigenvalue weighted by Gasteiger charge is 2.29. The minimum atomic E-state index is -0.688. The molecule has 0 saturated heterocycles. The minimum Gasteiger partial charge on any atom is -0.462 e. The predicted molar refractivity (Wildman–Crippen MR) is 133 cm³/mol. The molecule has 0 unspecified atom stereocenters. The highest BCUT2D eigenvalue weighted by Crippen LogP contribution is 2.35. The van der Waals surface area contributed by atoms with Crippen LogP contribution >= 0.6 is 11.3 Å². The summed E-state index contributed by atoms with van der Waals surface area (Å²) in [5.74, 6) is -1.57. The quantitative estimate of drug-likeness (QED) is 0.404. The fourth-order valence-corrected chi connectivity index (χ4v) is 4.06. The van der Waals surface area contributed by atoms with E-state index in [9.17, 15) is 14.4 Å². The molecule has 0 spiro atoms. The van der Waals surface area contributed by atoms with Gasteiger partial charge in [0.2, 0.25) is 5.91 Å². The van der Waals surface area contributed by atoms with Crippen LogP contribution in [0.25, 0.3) is 6.08 Å². The van der Waals surface area contributed by atoms with Crippen molar-refractivity contribution in [2.45, 2.75) is 66.4 Å². The largest absolute Gasteiger partial charge is 0.462 e. The highest BCUT2D eigenvalue weighted by molar-refractivity contribution is 7.18. The molecule has 0 bridgehead atoms. The lowest BCUT2D eigenvalue weighted by atomic mass is 9.87. The third kappa shape index (κ3) is 7.29. The number of carbonyl (C=O) groups is 3. The van der Waals surface area contributed by atoms with Gasteiger partial charge in [-0.1, -0.05) is 45.0 Å². The number of benzene rings is 1. The van der Waals surface area contributed by atoms with Gasteiger partial charge in [-0.2, -0.15) is 0 Å². The van der Waals surface area contributed by atoms with Gasteiger partial charge in [-0.15, -0.1) is 11.3 Å². The van der Waals surface area contributed by atoms with Crippen molar-refractivity contribution in [1.29, 1.82) is 0 Å². The maximum Gasteiger partial charge on any atom is 0.349 e. The Morgan fingerprint density at radius 2 is 1.61 bits per heavy atom. The first-order valence-electron chi connectivity index (χ1n) is 10.9. The summed E-state index contributed by atoms with van der Waals surface area (Å²) in [5, 5.41) is 2.97. The van der Waals surface area contributed by atoms with Crippen molar-refractivity contribution in [3.8, 4) is 0 Å². The zero-order valence-electron chi connectivity index (χ0n) is 20.6. The molecule has 0 saturated carbocycles. The van der Waals surface area contributed by atoms with Gasteiger partial charge in [0.25, 0.3) is 0 Å². The highest BCUT2D eigenvalue weighted by atomic mass is 32.1. The molecule has 2 rings (SSSR count). The number of hydrogen-bond acceptors (Lipinski definition) is 6. The SMILES string of the molecule is CCOC(=O)c1c(NC(=O)C=Cc2ccc(C(C)(C)C)cc2)sc(C(=O)OC(C)(C)C)c1C. The summed E-state index contributed by atoms with van der Waals surface area (Å²) in [6.45, 7) is 15.2. The van der Waals surface area contributed by atoms with E-state index in [0.717, 1.165) is 16.9 Å². The third-order valence-electron chi connectivity index (χ3n) is 4.65. The molecule has 0 aliphatic rings. The molecule has 33 heavy (non-hydrogen) atoms. The fraction of sp³-hybridized carbons (Fsp3) is 0.423. The van der Waals surface area contributed by atoms with Crippen LogP contribution in [0.1, 0.15) is 85.2 Å². The Hall–Kier alpha value is -2.93. The van der Waals surface area contributed by atoms with E-state index in [1.54, 1.807) is 40.7 Å². The number of ether oxygens (including phenoxy) is 2. The average Bonchev–Trinajstić information content (AvgIpc) is 3.01. The maximum absolute atomic E-state index is 12.6. The first-order valence-corrected chi connectivity index (χ1v) is 11.7. The summed E-state index contributed by atoms with van der Waals surface area (Å²) in [7, 11) is 0. The monoisotopic (exact) mass is 471 g/mol. The number of thiophene rings is 1. The van der Waals surface area contributed by atoms with E-state index in [2.05, 4.69) is 26.1 Å². The first-order chi connectivity index (χ1) is 15.2. The maximum atomic E-state index is 12.6. The van der Waals surface area contributed by atoms with Crippen LogP contribution in [0, 0.1) is 6.92 Å². The molecule has 0 atom stereocenters. The Morgan fingerprint density at radius 1 is 1.00 bits per heavy atom. The second-order valence-corrected chi connectivity index (χ2v) is 10.7. The summed E-state index contributed by atoms with van der Waals surface area (Å²) in [5.41, 5.74) is 2.02. The molecule has 0 fully saturated rings. The molecule has 6 nitrogen and oxygen atoms in total. The van der Waals surface area contributed by atoms with Gasteiger partial charge in [-0.3, -0.25) is 4.79 Å². The number of hydrogen-bond donors (Lipinski definition) is 1. The van der Waals surface area contributed by atoms with E-state index in [1.807, 2.05) is 24.3 Å². The number of nitrogens with one attached hydrogen (secondary N) is 1. The molecule has 1 N–H and O–H groups in total. The average molecular weight is 472 g/mol.